The lowest BCUT2D eigenvalue weighted by molar-refractivity contribution is -0.384. The number of nitro benzene ring substituents is 1. The summed E-state index contributed by atoms with van der Waals surface area (Å²) in [6.07, 6.45) is 0. The van der Waals surface area contributed by atoms with E-state index in [0.717, 1.165) is 16.7 Å². The molecule has 0 unspecified atom stereocenters. The maximum Gasteiger partial charge on any atom is 0.277 e. The molecule has 0 amide bonds. The number of nitrogens with zero attached hydrogens (tertiary/aromatic N) is 1. The Morgan fingerprint density at radius 1 is 1.00 bits per heavy atom. The van der Waals surface area contributed by atoms with E-state index in [1.54, 1.807) is 12.1 Å². The SMILES string of the molecule is Cc1cc(C)cc(-c2ccccc2[N+](=O)[O-])c1. The third kappa shape index (κ3) is 2.33. The fourth-order valence-electron chi connectivity index (χ4n) is 2.01. The minimum atomic E-state index is -0.340. The smallest absolute Gasteiger partial charge is 0.258 e. The Bertz CT molecular complexity index is 556. The largest absolute Gasteiger partial charge is 0.277 e. The summed E-state index contributed by atoms with van der Waals surface area (Å²) in [6, 6.07) is 12.8. The van der Waals surface area contributed by atoms with E-state index in [9.17, 15) is 10.1 Å². The first-order chi connectivity index (χ1) is 8.08. The molecule has 0 aromatic heterocycles. The first kappa shape index (κ1) is 11.3. The van der Waals surface area contributed by atoms with Gasteiger partial charge < -0.3 is 0 Å². The Labute approximate surface area is 99.9 Å². The third-order valence-electron chi connectivity index (χ3n) is 2.63. The fourth-order valence-corrected chi connectivity index (χ4v) is 2.01. The molecule has 3 nitrogen and oxygen atoms in total. The molecule has 0 fully saturated rings. The van der Waals surface area contributed by atoms with Gasteiger partial charge in [0.1, 0.15) is 0 Å². The molecular weight excluding hydrogens is 214 g/mol. The molecule has 0 spiro atoms. The molecule has 2 aromatic carbocycles. The van der Waals surface area contributed by atoms with Crippen LogP contribution in [-0.4, -0.2) is 4.92 Å². The lowest BCUT2D eigenvalue weighted by Gasteiger charge is -2.05. The Morgan fingerprint density at radius 2 is 1.59 bits per heavy atom. The van der Waals surface area contributed by atoms with Crippen LogP contribution in [-0.2, 0) is 0 Å². The number of benzene rings is 2. The summed E-state index contributed by atoms with van der Waals surface area (Å²) in [7, 11) is 0. The molecule has 0 saturated carbocycles. The van der Waals surface area contributed by atoms with Gasteiger partial charge in [0.05, 0.1) is 10.5 Å². The predicted molar refractivity (Wildman–Crippen MR) is 68.0 cm³/mol. The van der Waals surface area contributed by atoms with Gasteiger partial charge in [-0.3, -0.25) is 10.1 Å². The Hall–Kier alpha value is -2.16. The van der Waals surface area contributed by atoms with Crippen LogP contribution in [0.25, 0.3) is 11.1 Å². The van der Waals surface area contributed by atoms with E-state index in [1.165, 1.54) is 6.07 Å². The third-order valence-corrected chi connectivity index (χ3v) is 2.63. The minimum Gasteiger partial charge on any atom is -0.258 e. The van der Waals surface area contributed by atoms with Gasteiger partial charge >= 0.3 is 0 Å². The molecule has 2 aromatic rings. The van der Waals surface area contributed by atoms with Crippen LogP contribution in [0.4, 0.5) is 5.69 Å². The quantitative estimate of drug-likeness (QED) is 0.577. The monoisotopic (exact) mass is 227 g/mol. The van der Waals surface area contributed by atoms with Crippen molar-refractivity contribution in [1.82, 2.24) is 0 Å². The first-order valence-electron chi connectivity index (χ1n) is 5.40. The Balaban J connectivity index is 2.64. The molecule has 0 N–H and O–H groups in total. The number of hydrogen-bond acceptors (Lipinski definition) is 2. The van der Waals surface area contributed by atoms with E-state index >= 15 is 0 Å². The average molecular weight is 227 g/mol. The van der Waals surface area contributed by atoms with Crippen molar-refractivity contribution in [2.45, 2.75) is 13.8 Å². The second-order valence-electron chi connectivity index (χ2n) is 4.15. The number of hydrogen-bond donors (Lipinski definition) is 0. The Kier molecular flexibility index (Phi) is 2.91. The van der Waals surface area contributed by atoms with Gasteiger partial charge in [-0.15, -0.1) is 0 Å². The zero-order chi connectivity index (χ0) is 12.4. The molecule has 0 atom stereocenters. The lowest BCUT2D eigenvalue weighted by atomic mass is 9.99. The number of rotatable bonds is 2. The second-order valence-corrected chi connectivity index (χ2v) is 4.15. The van der Waals surface area contributed by atoms with Crippen molar-refractivity contribution < 1.29 is 4.92 Å². The molecule has 0 radical (unpaired) electrons. The molecule has 0 aliphatic carbocycles. The maximum absolute atomic E-state index is 11.0. The standard InChI is InChI=1S/C14H13NO2/c1-10-7-11(2)9-12(8-10)13-5-3-4-6-14(13)15(16)17/h3-9H,1-2H3. The summed E-state index contributed by atoms with van der Waals surface area (Å²) in [5, 5.41) is 11.0. The van der Waals surface area contributed by atoms with Crippen molar-refractivity contribution in [3.8, 4) is 11.1 Å². The van der Waals surface area contributed by atoms with Crippen LogP contribution >= 0.6 is 0 Å². The van der Waals surface area contributed by atoms with Crippen LogP contribution in [0.2, 0.25) is 0 Å². The van der Waals surface area contributed by atoms with Gasteiger partial charge in [-0.05, 0) is 25.5 Å². The van der Waals surface area contributed by atoms with Crippen LogP contribution in [0, 0.1) is 24.0 Å². The van der Waals surface area contributed by atoms with E-state index in [1.807, 2.05) is 32.0 Å². The molecule has 86 valence electrons. The van der Waals surface area contributed by atoms with Gasteiger partial charge in [0.2, 0.25) is 0 Å². The number of aryl methyl sites for hydroxylation is 2. The van der Waals surface area contributed by atoms with Crippen LogP contribution in [0.1, 0.15) is 11.1 Å². The molecule has 17 heavy (non-hydrogen) atoms. The van der Waals surface area contributed by atoms with E-state index in [-0.39, 0.29) is 10.6 Å². The van der Waals surface area contributed by atoms with Gasteiger partial charge in [-0.25, -0.2) is 0 Å². The van der Waals surface area contributed by atoms with Crippen LogP contribution in [0.5, 0.6) is 0 Å². The summed E-state index contributed by atoms with van der Waals surface area (Å²) in [5.41, 5.74) is 3.94. The topological polar surface area (TPSA) is 43.1 Å². The lowest BCUT2D eigenvalue weighted by Crippen LogP contribution is -1.92. The first-order valence-corrected chi connectivity index (χ1v) is 5.40. The fraction of sp³-hybridized carbons (Fsp3) is 0.143. The molecule has 2 rings (SSSR count). The van der Waals surface area contributed by atoms with Crippen molar-refractivity contribution in [2.75, 3.05) is 0 Å². The van der Waals surface area contributed by atoms with Gasteiger partial charge in [0.15, 0.2) is 0 Å². The molecule has 0 bridgehead atoms. The van der Waals surface area contributed by atoms with Gasteiger partial charge in [0, 0.05) is 6.07 Å². The highest BCUT2D eigenvalue weighted by Crippen LogP contribution is 2.30. The van der Waals surface area contributed by atoms with E-state index in [2.05, 4.69) is 6.07 Å². The van der Waals surface area contributed by atoms with Gasteiger partial charge in [-0.2, -0.15) is 0 Å². The molecule has 0 aliphatic rings. The highest BCUT2D eigenvalue weighted by Gasteiger charge is 2.14. The van der Waals surface area contributed by atoms with Crippen molar-refractivity contribution in [3.05, 3.63) is 63.7 Å². The number of nitro groups is 1. The number of para-hydroxylation sites is 1. The summed E-state index contributed by atoms with van der Waals surface area (Å²) in [4.78, 5) is 10.6. The van der Waals surface area contributed by atoms with E-state index in [0.29, 0.717) is 5.56 Å². The summed E-state index contributed by atoms with van der Waals surface area (Å²) >= 11 is 0. The average Bonchev–Trinajstić information content (AvgIpc) is 2.27. The summed E-state index contributed by atoms with van der Waals surface area (Å²) in [5.74, 6) is 0. The normalized spacial score (nSPS) is 10.2. The van der Waals surface area contributed by atoms with Crippen molar-refractivity contribution >= 4 is 5.69 Å². The van der Waals surface area contributed by atoms with Crippen LogP contribution < -0.4 is 0 Å². The van der Waals surface area contributed by atoms with Crippen LogP contribution in [0.15, 0.2) is 42.5 Å². The Morgan fingerprint density at radius 3 is 2.18 bits per heavy atom. The highest BCUT2D eigenvalue weighted by molar-refractivity contribution is 5.74. The summed E-state index contributed by atoms with van der Waals surface area (Å²) in [6.45, 7) is 3.98. The molecule has 0 aliphatic heterocycles. The molecule has 0 heterocycles. The molecule has 3 heteroatoms. The second kappa shape index (κ2) is 4.37. The van der Waals surface area contributed by atoms with Crippen LogP contribution in [0.3, 0.4) is 0 Å². The minimum absolute atomic E-state index is 0.150. The van der Waals surface area contributed by atoms with Gasteiger partial charge in [-0.1, -0.05) is 41.5 Å². The van der Waals surface area contributed by atoms with Crippen molar-refractivity contribution in [2.24, 2.45) is 0 Å². The maximum atomic E-state index is 11.0. The highest BCUT2D eigenvalue weighted by atomic mass is 16.6. The molecular formula is C14H13NO2. The van der Waals surface area contributed by atoms with Crippen molar-refractivity contribution in [1.29, 1.82) is 0 Å². The van der Waals surface area contributed by atoms with Crippen molar-refractivity contribution in [3.63, 3.8) is 0 Å². The summed E-state index contributed by atoms with van der Waals surface area (Å²) < 4.78 is 0. The zero-order valence-electron chi connectivity index (χ0n) is 9.81. The van der Waals surface area contributed by atoms with E-state index < -0.39 is 0 Å². The molecule has 0 saturated heterocycles. The van der Waals surface area contributed by atoms with Gasteiger partial charge in [0.25, 0.3) is 5.69 Å². The van der Waals surface area contributed by atoms with E-state index in [4.69, 9.17) is 0 Å². The predicted octanol–water partition coefficient (Wildman–Crippen LogP) is 3.88. The zero-order valence-corrected chi connectivity index (χ0v) is 9.81.